The van der Waals surface area contributed by atoms with Gasteiger partial charge in [0.1, 0.15) is 0 Å². The minimum absolute atomic E-state index is 0.137. The van der Waals surface area contributed by atoms with Gasteiger partial charge in [-0.25, -0.2) is 4.79 Å². The molecule has 1 unspecified atom stereocenters. The molecule has 2 aromatic carbocycles. The quantitative estimate of drug-likeness (QED) is 0.289. The number of esters is 1. The van der Waals surface area contributed by atoms with Crippen molar-refractivity contribution in [3.63, 3.8) is 0 Å². The molecule has 1 aromatic heterocycles. The smallest absolute Gasteiger partial charge is 0.416 e. The van der Waals surface area contributed by atoms with Crippen molar-refractivity contribution in [3.8, 4) is 0 Å². The van der Waals surface area contributed by atoms with Crippen LogP contribution in [-0.4, -0.2) is 52.8 Å². The lowest BCUT2D eigenvalue weighted by molar-refractivity contribution is -0.138. The van der Waals surface area contributed by atoms with E-state index < -0.39 is 17.8 Å². The minimum Gasteiger partial charge on any atom is -0.462 e. The molecule has 3 aliphatic rings. The number of rotatable bonds is 7. The Bertz CT molecular complexity index is 1440. The SMILES string of the molecule is CCOC(=O)c1ccc(N2CCC(n3ncc(C(=O)N4CCCC4c4ccccc4C(F)(F)F)c3C3CC3)CC2)cc1. The number of hydrogen-bond acceptors (Lipinski definition) is 5. The molecule has 7 nitrogen and oxygen atoms in total. The summed E-state index contributed by atoms with van der Waals surface area (Å²) < 4.78 is 48.6. The van der Waals surface area contributed by atoms with Gasteiger partial charge in [0.05, 0.1) is 47.3 Å². The van der Waals surface area contributed by atoms with Crippen LogP contribution in [0.1, 0.15) is 101 Å². The van der Waals surface area contributed by atoms with Crippen molar-refractivity contribution in [2.24, 2.45) is 0 Å². The van der Waals surface area contributed by atoms with Gasteiger partial charge in [0.2, 0.25) is 0 Å². The van der Waals surface area contributed by atoms with E-state index in [0.717, 1.165) is 56.2 Å². The molecule has 0 radical (unpaired) electrons. The molecule has 0 bridgehead atoms. The van der Waals surface area contributed by atoms with Gasteiger partial charge in [-0.05, 0) is 81.3 Å². The Labute approximate surface area is 243 Å². The van der Waals surface area contributed by atoms with E-state index >= 15 is 0 Å². The zero-order chi connectivity index (χ0) is 29.4. The van der Waals surface area contributed by atoms with Crippen molar-refractivity contribution in [1.29, 1.82) is 0 Å². The number of likely N-dealkylation sites (tertiary alicyclic amines) is 1. The summed E-state index contributed by atoms with van der Waals surface area (Å²) in [7, 11) is 0. The van der Waals surface area contributed by atoms with Gasteiger partial charge in [0.15, 0.2) is 0 Å². The van der Waals surface area contributed by atoms with Gasteiger partial charge in [-0.15, -0.1) is 0 Å². The van der Waals surface area contributed by atoms with Crippen LogP contribution in [-0.2, 0) is 10.9 Å². The van der Waals surface area contributed by atoms with Crippen LogP contribution in [0.15, 0.2) is 54.7 Å². The number of benzene rings is 2. The number of nitrogens with zero attached hydrogens (tertiary/aromatic N) is 4. The molecule has 1 amide bonds. The lowest BCUT2D eigenvalue weighted by atomic mass is 9.97. The van der Waals surface area contributed by atoms with Crippen molar-refractivity contribution in [1.82, 2.24) is 14.7 Å². The van der Waals surface area contributed by atoms with Crippen LogP contribution >= 0.6 is 0 Å². The lowest BCUT2D eigenvalue weighted by Gasteiger charge is -2.34. The summed E-state index contributed by atoms with van der Waals surface area (Å²) >= 11 is 0. The number of ether oxygens (including phenoxy) is 1. The molecule has 0 N–H and O–H groups in total. The molecule has 3 heterocycles. The lowest BCUT2D eigenvalue weighted by Crippen LogP contribution is -2.35. The number of carbonyl (C=O) groups excluding carboxylic acids is 2. The monoisotopic (exact) mass is 580 g/mol. The minimum atomic E-state index is -4.48. The largest absolute Gasteiger partial charge is 0.462 e. The summed E-state index contributed by atoms with van der Waals surface area (Å²) in [6.45, 7) is 4.16. The standard InChI is InChI=1S/C32H35F3N4O3/c1-2-42-31(41)22-11-13-23(14-12-22)37-18-15-24(16-19-37)39-29(21-9-10-21)26(20-36-39)30(40)38-17-5-8-28(38)25-6-3-4-7-27(25)32(33,34)35/h3-4,6-7,11-14,20-21,24,28H,2,5,8-10,15-19H2,1H3. The number of amides is 1. The van der Waals surface area contributed by atoms with E-state index in [-0.39, 0.29) is 29.4 Å². The number of aromatic nitrogens is 2. The van der Waals surface area contributed by atoms with E-state index in [1.54, 1.807) is 36.2 Å². The first kappa shape index (κ1) is 28.3. The molecular weight excluding hydrogens is 545 g/mol. The third kappa shape index (κ3) is 5.51. The molecule has 2 saturated heterocycles. The Balaban J connectivity index is 1.18. The van der Waals surface area contributed by atoms with Crippen LogP contribution in [0.5, 0.6) is 0 Å². The van der Waals surface area contributed by atoms with Crippen molar-refractivity contribution >= 4 is 17.6 Å². The first-order valence-electron chi connectivity index (χ1n) is 14.8. The fraction of sp³-hybridized carbons (Fsp3) is 0.469. The molecule has 3 aromatic rings. The maximum Gasteiger partial charge on any atom is 0.416 e. The molecular formula is C32H35F3N4O3. The molecule has 1 saturated carbocycles. The van der Waals surface area contributed by atoms with Gasteiger partial charge in [-0.3, -0.25) is 9.48 Å². The Morgan fingerprint density at radius 3 is 2.33 bits per heavy atom. The maximum absolute atomic E-state index is 13.9. The molecule has 10 heteroatoms. The highest BCUT2D eigenvalue weighted by Crippen LogP contribution is 2.46. The molecule has 2 aliphatic heterocycles. The summed E-state index contributed by atoms with van der Waals surface area (Å²) in [5.41, 5.74) is 2.53. The zero-order valence-corrected chi connectivity index (χ0v) is 23.6. The topological polar surface area (TPSA) is 67.7 Å². The summed E-state index contributed by atoms with van der Waals surface area (Å²) in [5, 5.41) is 4.71. The Morgan fingerprint density at radius 1 is 0.952 bits per heavy atom. The van der Waals surface area contributed by atoms with Gasteiger partial charge < -0.3 is 14.5 Å². The molecule has 1 aliphatic carbocycles. The number of carbonyl (C=O) groups is 2. The van der Waals surface area contributed by atoms with Crippen LogP contribution < -0.4 is 4.90 Å². The van der Waals surface area contributed by atoms with Crippen LogP contribution in [0.25, 0.3) is 0 Å². The van der Waals surface area contributed by atoms with E-state index in [2.05, 4.69) is 4.90 Å². The van der Waals surface area contributed by atoms with E-state index in [9.17, 15) is 22.8 Å². The van der Waals surface area contributed by atoms with Gasteiger partial charge in [0.25, 0.3) is 5.91 Å². The first-order valence-corrected chi connectivity index (χ1v) is 14.8. The summed E-state index contributed by atoms with van der Waals surface area (Å²) in [4.78, 5) is 29.8. The number of piperidine rings is 1. The third-order valence-corrected chi connectivity index (χ3v) is 8.72. The normalized spacial score (nSPS) is 19.8. The van der Waals surface area contributed by atoms with Crippen LogP contribution in [0.2, 0.25) is 0 Å². The average Bonchev–Trinajstić information content (AvgIpc) is 3.54. The van der Waals surface area contributed by atoms with Crippen LogP contribution in [0.3, 0.4) is 0 Å². The predicted molar refractivity (Wildman–Crippen MR) is 152 cm³/mol. The van der Waals surface area contributed by atoms with Crippen LogP contribution in [0, 0.1) is 0 Å². The van der Waals surface area contributed by atoms with Gasteiger partial charge in [-0.1, -0.05) is 18.2 Å². The fourth-order valence-electron chi connectivity index (χ4n) is 6.52. The second kappa shape index (κ2) is 11.5. The maximum atomic E-state index is 13.9. The van der Waals surface area contributed by atoms with Gasteiger partial charge in [0, 0.05) is 31.2 Å². The van der Waals surface area contributed by atoms with E-state index in [1.807, 2.05) is 16.8 Å². The Kier molecular flexibility index (Phi) is 7.72. The highest BCUT2D eigenvalue weighted by molar-refractivity contribution is 5.96. The number of anilines is 1. The average molecular weight is 581 g/mol. The molecule has 222 valence electrons. The van der Waals surface area contributed by atoms with Gasteiger partial charge >= 0.3 is 12.1 Å². The highest BCUT2D eigenvalue weighted by Gasteiger charge is 2.41. The van der Waals surface area contributed by atoms with Crippen LogP contribution in [0.4, 0.5) is 18.9 Å². The zero-order valence-electron chi connectivity index (χ0n) is 23.6. The van der Waals surface area contributed by atoms with Crippen molar-refractivity contribution in [2.45, 2.75) is 69.6 Å². The third-order valence-electron chi connectivity index (χ3n) is 8.72. The second-order valence-corrected chi connectivity index (χ2v) is 11.4. The highest BCUT2D eigenvalue weighted by atomic mass is 19.4. The Hall–Kier alpha value is -3.82. The number of hydrogen-bond donors (Lipinski definition) is 0. The Morgan fingerprint density at radius 2 is 1.67 bits per heavy atom. The molecule has 0 spiro atoms. The second-order valence-electron chi connectivity index (χ2n) is 11.4. The van der Waals surface area contributed by atoms with Crippen molar-refractivity contribution in [2.75, 3.05) is 31.1 Å². The summed E-state index contributed by atoms with van der Waals surface area (Å²) in [6, 6.07) is 12.6. The number of halogens is 3. The van der Waals surface area contributed by atoms with Crippen molar-refractivity contribution < 1.29 is 27.5 Å². The van der Waals surface area contributed by atoms with Crippen molar-refractivity contribution in [3.05, 3.63) is 82.7 Å². The molecule has 42 heavy (non-hydrogen) atoms. The first-order chi connectivity index (χ1) is 20.3. The fourth-order valence-corrected chi connectivity index (χ4v) is 6.52. The molecule has 3 fully saturated rings. The number of alkyl halides is 3. The van der Waals surface area contributed by atoms with E-state index in [4.69, 9.17) is 9.84 Å². The summed E-state index contributed by atoms with van der Waals surface area (Å²) in [6.07, 6.45) is 1.99. The van der Waals surface area contributed by atoms with Gasteiger partial charge in [-0.2, -0.15) is 18.3 Å². The summed E-state index contributed by atoms with van der Waals surface area (Å²) in [5.74, 6) is -0.297. The van der Waals surface area contributed by atoms with E-state index in [1.165, 1.54) is 12.1 Å². The van der Waals surface area contributed by atoms with E-state index in [0.29, 0.717) is 37.1 Å². The molecule has 6 rings (SSSR count). The molecule has 1 atom stereocenters. The predicted octanol–water partition coefficient (Wildman–Crippen LogP) is 6.77.